The minimum Gasteiger partial charge on any atom is -0.451 e. The van der Waals surface area contributed by atoms with Crippen molar-refractivity contribution in [3.63, 3.8) is 0 Å². The maximum absolute atomic E-state index is 13.1. The first-order valence-electron chi connectivity index (χ1n) is 15.0. The molecule has 0 aliphatic carbocycles. The molecule has 1 aromatic heterocycles. The first-order chi connectivity index (χ1) is 21.7. The van der Waals surface area contributed by atoms with Gasteiger partial charge in [0.2, 0.25) is 0 Å². The van der Waals surface area contributed by atoms with E-state index in [0.717, 1.165) is 35.5 Å². The van der Waals surface area contributed by atoms with E-state index in [9.17, 15) is 18.0 Å². The van der Waals surface area contributed by atoms with Gasteiger partial charge >= 0.3 is 0 Å². The molecule has 0 spiro atoms. The monoisotopic (exact) mass is 628 g/mol. The number of nitrogens with one attached hydrogen (secondary N) is 2. The number of rotatable bonds is 8. The lowest BCUT2D eigenvalue weighted by atomic mass is 10.0. The topological polar surface area (TPSA) is 121 Å². The third-order valence-corrected chi connectivity index (χ3v) is 9.76. The number of hydrogen-bond acceptors (Lipinski definition) is 8. The number of carbonyl (C=O) groups is 2. The summed E-state index contributed by atoms with van der Waals surface area (Å²) >= 11 is 0. The zero-order valence-electron chi connectivity index (χ0n) is 25.1. The average Bonchev–Trinajstić information content (AvgIpc) is 3.54. The molecule has 2 N–H and O–H groups in total. The van der Waals surface area contributed by atoms with Crippen LogP contribution in [-0.4, -0.2) is 76.0 Å². The molecule has 0 saturated carbocycles. The number of amides is 2. The minimum absolute atomic E-state index is 0.151. The summed E-state index contributed by atoms with van der Waals surface area (Å²) in [7, 11) is -2.92. The van der Waals surface area contributed by atoms with Gasteiger partial charge in [0.1, 0.15) is 5.76 Å². The molecule has 2 amide bonds. The zero-order chi connectivity index (χ0) is 31.4. The van der Waals surface area contributed by atoms with Gasteiger partial charge in [-0.1, -0.05) is 18.2 Å². The summed E-state index contributed by atoms with van der Waals surface area (Å²) in [4.78, 5) is 30.4. The molecule has 45 heavy (non-hydrogen) atoms. The van der Waals surface area contributed by atoms with Crippen LogP contribution in [0.1, 0.15) is 32.0 Å². The summed E-state index contributed by atoms with van der Waals surface area (Å²) < 4.78 is 34.7. The van der Waals surface area contributed by atoms with Gasteiger partial charge in [-0.05, 0) is 78.7 Å². The molecule has 0 unspecified atom stereocenters. The SMILES string of the molecule is Cc1ccc(C(=O)Nc2ccc(N3CCOCC3)cc2)cc1-c1ccc(C(=O)Nc2ccc(CN3CCS(=O)(=O)CC3)cc2)o1. The number of sulfone groups is 1. The van der Waals surface area contributed by atoms with Crippen LogP contribution in [0.15, 0.2) is 83.3 Å². The van der Waals surface area contributed by atoms with Gasteiger partial charge in [0, 0.05) is 60.9 Å². The van der Waals surface area contributed by atoms with Crippen LogP contribution in [0.5, 0.6) is 0 Å². The Labute approximate surface area is 262 Å². The number of aryl methyl sites for hydroxylation is 1. The van der Waals surface area contributed by atoms with Gasteiger partial charge in [-0.2, -0.15) is 0 Å². The summed E-state index contributed by atoms with van der Waals surface area (Å²) in [6.07, 6.45) is 0. The fourth-order valence-corrected chi connectivity index (χ4v) is 6.74. The van der Waals surface area contributed by atoms with Gasteiger partial charge < -0.3 is 24.7 Å². The van der Waals surface area contributed by atoms with E-state index in [2.05, 4.69) is 20.4 Å². The van der Waals surface area contributed by atoms with Crippen LogP contribution in [0.3, 0.4) is 0 Å². The Balaban J connectivity index is 1.07. The minimum atomic E-state index is -2.92. The summed E-state index contributed by atoms with van der Waals surface area (Å²) in [5, 5.41) is 5.83. The first-order valence-corrected chi connectivity index (χ1v) is 16.8. The molecule has 234 valence electrons. The number of morpholine rings is 1. The molecule has 0 atom stereocenters. The number of ether oxygens (including phenoxy) is 1. The fraction of sp³-hybridized carbons (Fsp3) is 0.294. The Hall–Kier alpha value is -4.45. The van der Waals surface area contributed by atoms with Crippen molar-refractivity contribution in [3.05, 3.63) is 101 Å². The molecule has 10 nitrogen and oxygen atoms in total. The quantitative estimate of drug-likeness (QED) is 0.285. The van der Waals surface area contributed by atoms with Crippen LogP contribution in [0.2, 0.25) is 0 Å². The van der Waals surface area contributed by atoms with Crippen LogP contribution in [0.25, 0.3) is 11.3 Å². The first kappa shape index (κ1) is 30.6. The average molecular weight is 629 g/mol. The number of carbonyl (C=O) groups excluding carboxylic acids is 2. The van der Waals surface area contributed by atoms with Gasteiger partial charge in [0.25, 0.3) is 11.8 Å². The summed E-state index contributed by atoms with van der Waals surface area (Å²) in [5.41, 5.74) is 5.56. The highest BCUT2D eigenvalue weighted by Crippen LogP contribution is 2.28. The van der Waals surface area contributed by atoms with Crippen molar-refractivity contribution in [3.8, 4) is 11.3 Å². The third-order valence-electron chi connectivity index (χ3n) is 8.15. The maximum Gasteiger partial charge on any atom is 0.291 e. The molecule has 2 aliphatic rings. The van der Waals surface area contributed by atoms with Crippen molar-refractivity contribution in [1.82, 2.24) is 4.90 Å². The van der Waals surface area contributed by atoms with Crippen molar-refractivity contribution in [2.75, 3.05) is 66.4 Å². The van der Waals surface area contributed by atoms with Gasteiger partial charge in [-0.3, -0.25) is 14.5 Å². The normalized spacial score (nSPS) is 16.7. The number of hydrogen-bond donors (Lipinski definition) is 2. The zero-order valence-corrected chi connectivity index (χ0v) is 25.9. The van der Waals surface area contributed by atoms with E-state index in [0.29, 0.717) is 55.5 Å². The lowest BCUT2D eigenvalue weighted by Crippen LogP contribution is -2.39. The number of furan rings is 1. The number of nitrogens with zero attached hydrogens (tertiary/aromatic N) is 2. The molecule has 3 aromatic carbocycles. The fourth-order valence-electron chi connectivity index (χ4n) is 5.47. The molecule has 3 heterocycles. The predicted molar refractivity (Wildman–Crippen MR) is 175 cm³/mol. The highest BCUT2D eigenvalue weighted by atomic mass is 32.2. The molecule has 2 saturated heterocycles. The van der Waals surface area contributed by atoms with Crippen molar-refractivity contribution in [2.45, 2.75) is 13.5 Å². The Morgan fingerprint density at radius 1 is 0.778 bits per heavy atom. The standard InChI is InChI=1S/C34H36N4O6S/c1-24-2-5-26(33(39)35-28-8-10-29(11-9-28)38-14-18-43-19-15-38)22-30(24)31-12-13-32(44-31)34(40)36-27-6-3-25(4-7-27)23-37-16-20-45(41,42)21-17-37/h2-13,22H,14-21,23H2,1H3,(H,35,39)(H,36,40). The van der Waals surface area contributed by atoms with E-state index in [4.69, 9.17) is 9.15 Å². The number of anilines is 3. The molecular formula is C34H36N4O6S. The second-order valence-corrected chi connectivity index (χ2v) is 13.7. The van der Waals surface area contributed by atoms with Crippen molar-refractivity contribution >= 4 is 38.7 Å². The number of benzene rings is 3. The van der Waals surface area contributed by atoms with Crippen LogP contribution in [-0.2, 0) is 21.1 Å². The molecule has 0 radical (unpaired) electrons. The van der Waals surface area contributed by atoms with Gasteiger partial charge in [-0.25, -0.2) is 8.42 Å². The van der Waals surface area contributed by atoms with Crippen molar-refractivity contribution < 1.29 is 27.2 Å². The van der Waals surface area contributed by atoms with Crippen molar-refractivity contribution in [2.24, 2.45) is 0 Å². The van der Waals surface area contributed by atoms with E-state index in [1.54, 1.807) is 24.3 Å². The second kappa shape index (κ2) is 13.3. The van der Waals surface area contributed by atoms with Gasteiger partial charge in [0.15, 0.2) is 15.6 Å². The van der Waals surface area contributed by atoms with Crippen molar-refractivity contribution in [1.29, 1.82) is 0 Å². The molecule has 2 aliphatic heterocycles. The van der Waals surface area contributed by atoms with E-state index >= 15 is 0 Å². The Morgan fingerprint density at radius 3 is 2.11 bits per heavy atom. The molecule has 4 aromatic rings. The largest absolute Gasteiger partial charge is 0.451 e. The van der Waals surface area contributed by atoms with Gasteiger partial charge in [-0.15, -0.1) is 0 Å². The molecule has 11 heteroatoms. The van der Waals surface area contributed by atoms with Crippen LogP contribution in [0, 0.1) is 6.92 Å². The van der Waals surface area contributed by atoms with E-state index in [1.165, 1.54) is 0 Å². The predicted octanol–water partition coefficient (Wildman–Crippen LogP) is 4.83. The summed E-state index contributed by atoms with van der Waals surface area (Å²) in [5.74, 6) is 0.386. The van der Waals surface area contributed by atoms with E-state index in [-0.39, 0.29) is 29.1 Å². The lowest BCUT2D eigenvalue weighted by molar-refractivity contribution is 0.0995. The Morgan fingerprint density at radius 2 is 1.42 bits per heavy atom. The smallest absolute Gasteiger partial charge is 0.291 e. The van der Waals surface area contributed by atoms with Gasteiger partial charge in [0.05, 0.1) is 24.7 Å². The van der Waals surface area contributed by atoms with Crippen LogP contribution < -0.4 is 15.5 Å². The van der Waals surface area contributed by atoms with Crippen LogP contribution >= 0.6 is 0 Å². The highest BCUT2D eigenvalue weighted by molar-refractivity contribution is 7.91. The summed E-state index contributed by atoms with van der Waals surface area (Å²) in [6, 6.07) is 24.0. The van der Waals surface area contributed by atoms with Crippen LogP contribution in [0.4, 0.5) is 17.1 Å². The van der Waals surface area contributed by atoms with E-state index in [1.807, 2.05) is 61.5 Å². The Bertz CT molecular complexity index is 1760. The lowest BCUT2D eigenvalue weighted by Gasteiger charge is -2.28. The molecule has 6 rings (SSSR count). The molecule has 2 fully saturated rings. The Kier molecular flexibility index (Phi) is 9.02. The second-order valence-electron chi connectivity index (χ2n) is 11.4. The molecular weight excluding hydrogens is 592 g/mol. The molecule has 0 bridgehead atoms. The summed E-state index contributed by atoms with van der Waals surface area (Å²) in [6.45, 7) is 6.75. The third kappa shape index (κ3) is 7.62. The highest BCUT2D eigenvalue weighted by Gasteiger charge is 2.22. The van der Waals surface area contributed by atoms with E-state index < -0.39 is 9.84 Å². The maximum atomic E-state index is 13.1.